The van der Waals surface area contributed by atoms with Crippen molar-refractivity contribution in [3.8, 4) is 11.5 Å². The predicted molar refractivity (Wildman–Crippen MR) is 98.2 cm³/mol. The van der Waals surface area contributed by atoms with Crippen LogP contribution in [0.2, 0.25) is 5.02 Å². The fourth-order valence-electron chi connectivity index (χ4n) is 2.44. The van der Waals surface area contributed by atoms with E-state index in [0.29, 0.717) is 28.9 Å². The molecule has 0 aliphatic rings. The molecule has 136 valence electrons. The molecule has 2 aromatic rings. The highest BCUT2D eigenvalue weighted by atomic mass is 35.5. The maximum absolute atomic E-state index is 12.2. The van der Waals surface area contributed by atoms with E-state index in [2.05, 4.69) is 22.4 Å². The average molecular weight is 365 g/mol. The molecule has 6 nitrogen and oxygen atoms in total. The monoisotopic (exact) mass is 364 g/mol. The molecule has 2 rings (SSSR count). The summed E-state index contributed by atoms with van der Waals surface area (Å²) >= 11 is 6.16. The molecule has 1 aromatic carbocycles. The molecule has 0 fully saturated rings. The number of hydrogen-bond acceptors (Lipinski definition) is 5. The van der Waals surface area contributed by atoms with Crippen LogP contribution in [0.3, 0.4) is 0 Å². The Kier molecular flexibility index (Phi) is 6.56. The summed E-state index contributed by atoms with van der Waals surface area (Å²) in [6, 6.07) is 7.33. The quantitative estimate of drug-likeness (QED) is 0.813. The van der Waals surface area contributed by atoms with E-state index in [1.54, 1.807) is 6.07 Å². The Bertz CT molecular complexity index is 709. The number of halogens is 1. The normalized spacial score (nSPS) is 11.8. The summed E-state index contributed by atoms with van der Waals surface area (Å²) in [5, 5.41) is 11.7. The number of rotatable bonds is 7. The van der Waals surface area contributed by atoms with Crippen molar-refractivity contribution in [3.63, 3.8) is 0 Å². The van der Waals surface area contributed by atoms with Gasteiger partial charge in [-0.15, -0.1) is 10.2 Å². The molecule has 1 amide bonds. The van der Waals surface area contributed by atoms with Crippen LogP contribution in [-0.2, 0) is 11.3 Å². The van der Waals surface area contributed by atoms with Crippen molar-refractivity contribution in [2.24, 2.45) is 0 Å². The highest BCUT2D eigenvalue weighted by Gasteiger charge is 2.19. The molecular formula is C18H25ClN4O2. The largest absolute Gasteiger partial charge is 0.419 e. The zero-order valence-electron chi connectivity index (χ0n) is 15.2. The Morgan fingerprint density at radius 2 is 2.00 bits per heavy atom. The summed E-state index contributed by atoms with van der Waals surface area (Å²) in [5.74, 6) is 0.829. The van der Waals surface area contributed by atoms with Crippen LogP contribution >= 0.6 is 11.6 Å². The van der Waals surface area contributed by atoms with Gasteiger partial charge in [0.05, 0.1) is 23.7 Å². The minimum atomic E-state index is -0.253. The van der Waals surface area contributed by atoms with Crippen molar-refractivity contribution in [1.29, 1.82) is 0 Å². The van der Waals surface area contributed by atoms with E-state index in [4.69, 9.17) is 16.0 Å². The molecule has 0 atom stereocenters. The lowest BCUT2D eigenvalue weighted by atomic mass is 10.1. The van der Waals surface area contributed by atoms with Crippen molar-refractivity contribution in [3.05, 3.63) is 35.2 Å². The van der Waals surface area contributed by atoms with Gasteiger partial charge in [-0.05, 0) is 45.9 Å². The summed E-state index contributed by atoms with van der Waals surface area (Å²) in [4.78, 5) is 14.2. The van der Waals surface area contributed by atoms with Gasteiger partial charge >= 0.3 is 0 Å². The first-order chi connectivity index (χ1) is 11.8. The molecule has 25 heavy (non-hydrogen) atoms. The van der Waals surface area contributed by atoms with E-state index in [1.165, 1.54) is 0 Å². The van der Waals surface area contributed by atoms with Gasteiger partial charge in [-0.2, -0.15) is 0 Å². The van der Waals surface area contributed by atoms with Gasteiger partial charge in [0.15, 0.2) is 0 Å². The Labute approximate surface area is 153 Å². The number of nitrogens with zero attached hydrogens (tertiary/aromatic N) is 3. The zero-order chi connectivity index (χ0) is 18.4. The standard InChI is InChI=1S/C18H25ClN4O2/c1-5-10-23(11-15(24)20-18(2,3)4)12-16-21-22-17(25-16)13-8-6-7-9-14(13)19/h6-9H,5,10-12H2,1-4H3,(H,20,24). The topological polar surface area (TPSA) is 71.3 Å². The van der Waals surface area contributed by atoms with Crippen LogP contribution in [0.25, 0.3) is 11.5 Å². The number of aromatic nitrogens is 2. The lowest BCUT2D eigenvalue weighted by Gasteiger charge is -2.24. The molecule has 0 aliphatic carbocycles. The molecule has 7 heteroatoms. The van der Waals surface area contributed by atoms with Crippen LogP contribution in [0.4, 0.5) is 0 Å². The van der Waals surface area contributed by atoms with Crippen molar-refractivity contribution < 1.29 is 9.21 Å². The van der Waals surface area contributed by atoms with E-state index < -0.39 is 0 Å². The summed E-state index contributed by atoms with van der Waals surface area (Å²) < 4.78 is 5.73. The van der Waals surface area contributed by atoms with Crippen LogP contribution < -0.4 is 5.32 Å². The number of benzene rings is 1. The molecule has 0 aliphatic heterocycles. The van der Waals surface area contributed by atoms with Crippen LogP contribution in [0.15, 0.2) is 28.7 Å². The zero-order valence-corrected chi connectivity index (χ0v) is 15.9. The SMILES string of the molecule is CCCN(CC(=O)NC(C)(C)C)Cc1nnc(-c2ccccc2Cl)o1. The second kappa shape index (κ2) is 8.45. The molecular weight excluding hydrogens is 340 g/mol. The minimum absolute atomic E-state index is 0.0215. The molecule has 0 radical (unpaired) electrons. The van der Waals surface area contributed by atoms with E-state index in [1.807, 2.05) is 43.9 Å². The Morgan fingerprint density at radius 3 is 2.64 bits per heavy atom. The van der Waals surface area contributed by atoms with Crippen molar-refractivity contribution in [2.75, 3.05) is 13.1 Å². The molecule has 1 N–H and O–H groups in total. The fourth-order valence-corrected chi connectivity index (χ4v) is 2.66. The summed E-state index contributed by atoms with van der Waals surface area (Å²) in [7, 11) is 0. The van der Waals surface area contributed by atoms with Crippen LogP contribution in [0, 0.1) is 0 Å². The minimum Gasteiger partial charge on any atom is -0.419 e. The number of hydrogen-bond donors (Lipinski definition) is 1. The van der Waals surface area contributed by atoms with Crippen molar-refractivity contribution in [2.45, 2.75) is 46.2 Å². The van der Waals surface area contributed by atoms with Crippen molar-refractivity contribution in [1.82, 2.24) is 20.4 Å². The third-order valence-electron chi connectivity index (χ3n) is 3.35. The number of carbonyl (C=O) groups excluding carboxylic acids is 1. The van der Waals surface area contributed by atoms with Gasteiger partial charge in [0.25, 0.3) is 0 Å². The van der Waals surface area contributed by atoms with Gasteiger partial charge < -0.3 is 9.73 Å². The first-order valence-electron chi connectivity index (χ1n) is 8.39. The highest BCUT2D eigenvalue weighted by Crippen LogP contribution is 2.26. The van der Waals surface area contributed by atoms with Gasteiger partial charge in [0.2, 0.25) is 17.7 Å². The molecule has 0 saturated heterocycles. The average Bonchev–Trinajstić information content (AvgIpc) is 2.94. The number of carbonyl (C=O) groups is 1. The number of amides is 1. The molecule has 0 spiro atoms. The first-order valence-corrected chi connectivity index (χ1v) is 8.77. The summed E-state index contributed by atoms with van der Waals surface area (Å²) in [5.41, 5.74) is 0.451. The van der Waals surface area contributed by atoms with Crippen molar-refractivity contribution >= 4 is 17.5 Å². The van der Waals surface area contributed by atoms with Gasteiger partial charge in [0.1, 0.15) is 0 Å². The maximum Gasteiger partial charge on any atom is 0.249 e. The van der Waals surface area contributed by atoms with Gasteiger partial charge in [-0.1, -0.05) is 30.7 Å². The lowest BCUT2D eigenvalue weighted by molar-refractivity contribution is -0.123. The molecule has 1 aromatic heterocycles. The fraction of sp³-hybridized carbons (Fsp3) is 0.500. The van der Waals surface area contributed by atoms with Crippen LogP contribution in [-0.4, -0.2) is 39.6 Å². The van der Waals surface area contributed by atoms with Gasteiger partial charge in [0, 0.05) is 5.54 Å². The van der Waals surface area contributed by atoms with E-state index in [0.717, 1.165) is 13.0 Å². The highest BCUT2D eigenvalue weighted by molar-refractivity contribution is 6.33. The summed E-state index contributed by atoms with van der Waals surface area (Å²) in [6.07, 6.45) is 0.925. The van der Waals surface area contributed by atoms with E-state index in [-0.39, 0.29) is 18.0 Å². The third kappa shape index (κ3) is 6.14. The Morgan fingerprint density at radius 1 is 1.28 bits per heavy atom. The van der Waals surface area contributed by atoms with E-state index >= 15 is 0 Å². The molecule has 0 saturated carbocycles. The van der Waals surface area contributed by atoms with Gasteiger partial charge in [-0.3, -0.25) is 9.69 Å². The van der Waals surface area contributed by atoms with Crippen LogP contribution in [0.1, 0.15) is 40.0 Å². The molecule has 1 heterocycles. The summed E-state index contributed by atoms with van der Waals surface area (Å²) in [6.45, 7) is 9.42. The molecule has 0 unspecified atom stereocenters. The first kappa shape index (κ1) is 19.4. The number of nitrogens with one attached hydrogen (secondary N) is 1. The smallest absolute Gasteiger partial charge is 0.249 e. The second-order valence-corrected chi connectivity index (χ2v) is 7.40. The van der Waals surface area contributed by atoms with Crippen LogP contribution in [0.5, 0.6) is 0 Å². The molecule has 0 bridgehead atoms. The predicted octanol–water partition coefficient (Wildman–Crippen LogP) is 3.52. The Balaban J connectivity index is 2.05. The third-order valence-corrected chi connectivity index (χ3v) is 3.68. The second-order valence-electron chi connectivity index (χ2n) is 6.99. The Hall–Kier alpha value is -1.92. The van der Waals surface area contributed by atoms with Gasteiger partial charge in [-0.25, -0.2) is 0 Å². The maximum atomic E-state index is 12.2. The van der Waals surface area contributed by atoms with E-state index in [9.17, 15) is 4.79 Å². The lowest BCUT2D eigenvalue weighted by Crippen LogP contribution is -2.46.